The Kier molecular flexibility index (Phi) is 7.88. The van der Waals surface area contributed by atoms with Gasteiger partial charge in [-0.25, -0.2) is 18.8 Å². The second-order valence-electron chi connectivity index (χ2n) is 10.5. The first-order valence-corrected chi connectivity index (χ1v) is 15.5. The molecular weight excluding hydrogens is 522 g/mol. The van der Waals surface area contributed by atoms with Gasteiger partial charge in [0, 0.05) is 35.8 Å². The van der Waals surface area contributed by atoms with E-state index in [1.54, 1.807) is 11.3 Å². The number of H-pyrrole nitrogens is 1. The fourth-order valence-electron chi connectivity index (χ4n) is 4.99. The molecule has 0 radical (unpaired) electrons. The number of nitrogens with one attached hydrogen (secondary N) is 3. The molecular formula is C27H35N5O4S2. The molecule has 1 aliphatic carbocycles. The number of carbonyl (C=O) groups is 1. The summed E-state index contributed by atoms with van der Waals surface area (Å²) in [6.07, 6.45) is 5.59. The molecule has 1 amide bonds. The normalized spacial score (nSPS) is 21.6. The summed E-state index contributed by atoms with van der Waals surface area (Å²) in [5.74, 6) is 0.318. The highest BCUT2D eigenvalue weighted by atomic mass is 32.2. The smallest absolute Gasteiger partial charge is 0.407 e. The highest BCUT2D eigenvalue weighted by Crippen LogP contribution is 2.40. The van der Waals surface area contributed by atoms with Gasteiger partial charge in [-0.15, -0.1) is 11.3 Å². The summed E-state index contributed by atoms with van der Waals surface area (Å²) >= 11 is 1.62. The Morgan fingerprint density at radius 1 is 1.26 bits per heavy atom. The average molecular weight is 558 g/mol. The molecule has 5 rings (SSSR count). The van der Waals surface area contributed by atoms with E-state index in [0.717, 1.165) is 58.1 Å². The lowest BCUT2D eigenvalue weighted by Crippen LogP contribution is -2.40. The zero-order valence-corrected chi connectivity index (χ0v) is 23.6. The standard InChI is InChI=1S/C27H35N5O4S2/c1-16(2)36-27(33)30-20-7-5-19(6-8-20)26-29-13-24(37-26)23-9-4-18(11-21-10-17(3)31-32-21)12-25(23)38(28,34)22-14-35-15-22/h4,9-10,12-13,16,19-20,22,28H,5-8,11,14-15H2,1-3H3,(H,30,33)(H,31,32). The van der Waals surface area contributed by atoms with Gasteiger partial charge in [0.2, 0.25) is 0 Å². The van der Waals surface area contributed by atoms with Gasteiger partial charge in [0.15, 0.2) is 0 Å². The van der Waals surface area contributed by atoms with Gasteiger partial charge in [-0.3, -0.25) is 5.10 Å². The monoisotopic (exact) mass is 557 g/mol. The van der Waals surface area contributed by atoms with Crippen molar-refractivity contribution < 1.29 is 18.5 Å². The Hall–Kier alpha value is -2.76. The summed E-state index contributed by atoms with van der Waals surface area (Å²) in [5.41, 5.74) is 3.69. The highest BCUT2D eigenvalue weighted by molar-refractivity contribution is 7.93. The molecule has 1 atom stereocenters. The summed E-state index contributed by atoms with van der Waals surface area (Å²) in [5, 5.41) is 11.0. The number of rotatable bonds is 8. The van der Waals surface area contributed by atoms with Gasteiger partial charge in [0.25, 0.3) is 0 Å². The number of thiazole rings is 1. The van der Waals surface area contributed by atoms with E-state index in [1.165, 1.54) is 0 Å². The van der Waals surface area contributed by atoms with E-state index in [1.807, 2.05) is 51.2 Å². The minimum Gasteiger partial charge on any atom is -0.447 e. The van der Waals surface area contributed by atoms with Gasteiger partial charge in [-0.05, 0) is 64.2 Å². The number of ether oxygens (including phenoxy) is 2. The number of alkyl carbamates (subject to hydrolysis) is 1. The maximum absolute atomic E-state index is 13.8. The SMILES string of the molecule is Cc1cc(Cc2ccc(-c3cnc(C4CCC(NC(=O)OC(C)C)CC4)s3)c(S(=N)(=O)C3COC3)c2)n[nH]1. The molecule has 1 saturated carbocycles. The third-order valence-electron chi connectivity index (χ3n) is 7.12. The molecule has 2 aromatic heterocycles. The number of hydrogen-bond acceptors (Lipinski definition) is 8. The average Bonchev–Trinajstić information content (AvgIpc) is 3.47. The molecule has 1 aromatic carbocycles. The first-order chi connectivity index (χ1) is 18.2. The molecule has 0 bridgehead atoms. The van der Waals surface area contributed by atoms with Crippen LogP contribution in [0.2, 0.25) is 0 Å². The molecule has 2 fully saturated rings. The van der Waals surface area contributed by atoms with Gasteiger partial charge < -0.3 is 14.8 Å². The van der Waals surface area contributed by atoms with E-state index in [9.17, 15) is 9.00 Å². The second-order valence-corrected chi connectivity index (χ2v) is 13.9. The first kappa shape index (κ1) is 26.8. The van der Waals surface area contributed by atoms with E-state index in [0.29, 0.717) is 30.4 Å². The molecule has 1 unspecified atom stereocenters. The topological polar surface area (TPSA) is 130 Å². The molecule has 0 spiro atoms. The maximum Gasteiger partial charge on any atom is 0.407 e. The van der Waals surface area contributed by atoms with Crippen molar-refractivity contribution >= 4 is 27.2 Å². The first-order valence-electron chi connectivity index (χ1n) is 13.1. The molecule has 2 aliphatic rings. The number of hydrogen-bond donors (Lipinski definition) is 3. The molecule has 3 N–H and O–H groups in total. The number of carbonyl (C=O) groups excluding carboxylic acids is 1. The number of aryl methyl sites for hydroxylation is 1. The summed E-state index contributed by atoms with van der Waals surface area (Å²) in [4.78, 5) is 18.2. The molecule has 204 valence electrons. The summed E-state index contributed by atoms with van der Waals surface area (Å²) in [6.45, 7) is 6.34. The van der Waals surface area contributed by atoms with Crippen LogP contribution in [0.4, 0.5) is 4.79 Å². The lowest BCUT2D eigenvalue weighted by atomic mass is 9.86. The summed E-state index contributed by atoms with van der Waals surface area (Å²) < 4.78 is 33.2. The minimum atomic E-state index is -3.06. The lowest BCUT2D eigenvalue weighted by Gasteiger charge is -2.29. The van der Waals surface area contributed by atoms with Crippen LogP contribution in [0.15, 0.2) is 35.4 Å². The second kappa shape index (κ2) is 11.2. The molecule has 38 heavy (non-hydrogen) atoms. The Balaban J connectivity index is 1.34. The molecule has 1 saturated heterocycles. The van der Waals surface area contributed by atoms with Crippen molar-refractivity contribution in [3.05, 3.63) is 52.4 Å². The van der Waals surface area contributed by atoms with Crippen LogP contribution >= 0.6 is 11.3 Å². The zero-order chi connectivity index (χ0) is 26.9. The van der Waals surface area contributed by atoms with E-state index in [2.05, 4.69) is 15.5 Å². The molecule has 9 nitrogen and oxygen atoms in total. The van der Waals surface area contributed by atoms with E-state index in [-0.39, 0.29) is 23.5 Å². The Bertz CT molecular complexity index is 1390. The van der Waals surface area contributed by atoms with Crippen LogP contribution in [0.25, 0.3) is 10.4 Å². The van der Waals surface area contributed by atoms with Crippen molar-refractivity contribution in [2.75, 3.05) is 13.2 Å². The molecule has 11 heteroatoms. The van der Waals surface area contributed by atoms with Crippen LogP contribution in [-0.4, -0.2) is 56.1 Å². The number of aromatic nitrogens is 3. The van der Waals surface area contributed by atoms with Crippen molar-refractivity contribution in [1.82, 2.24) is 20.5 Å². The van der Waals surface area contributed by atoms with Crippen LogP contribution in [0.5, 0.6) is 0 Å². The summed E-state index contributed by atoms with van der Waals surface area (Å²) in [6, 6.07) is 8.04. The third-order valence-corrected chi connectivity index (χ3v) is 10.5. The van der Waals surface area contributed by atoms with E-state index >= 15 is 0 Å². The van der Waals surface area contributed by atoms with Crippen LogP contribution in [0, 0.1) is 11.7 Å². The lowest BCUT2D eigenvalue weighted by molar-refractivity contribution is 0.0427. The van der Waals surface area contributed by atoms with Crippen molar-refractivity contribution in [2.24, 2.45) is 0 Å². The number of aromatic amines is 1. The third kappa shape index (κ3) is 5.94. The van der Waals surface area contributed by atoms with Crippen molar-refractivity contribution in [1.29, 1.82) is 4.78 Å². The number of amides is 1. The van der Waals surface area contributed by atoms with Gasteiger partial charge in [-0.1, -0.05) is 12.1 Å². The van der Waals surface area contributed by atoms with Gasteiger partial charge in [0.1, 0.15) is 0 Å². The van der Waals surface area contributed by atoms with Crippen LogP contribution in [0.3, 0.4) is 0 Å². The van der Waals surface area contributed by atoms with Crippen LogP contribution < -0.4 is 5.32 Å². The largest absolute Gasteiger partial charge is 0.447 e. The van der Waals surface area contributed by atoms with Gasteiger partial charge >= 0.3 is 6.09 Å². The van der Waals surface area contributed by atoms with Gasteiger partial charge in [0.05, 0.1) is 54.8 Å². The van der Waals surface area contributed by atoms with Crippen LogP contribution in [-0.2, 0) is 25.6 Å². The number of benzene rings is 1. The zero-order valence-electron chi connectivity index (χ0n) is 22.0. The molecule has 3 aromatic rings. The van der Waals surface area contributed by atoms with Crippen LogP contribution in [0.1, 0.15) is 67.4 Å². The molecule has 3 heterocycles. The quantitative estimate of drug-likeness (QED) is 0.340. The maximum atomic E-state index is 13.8. The predicted octanol–water partition coefficient (Wildman–Crippen LogP) is 5.40. The Labute approximate surface area is 227 Å². The summed E-state index contributed by atoms with van der Waals surface area (Å²) in [7, 11) is -3.06. The van der Waals surface area contributed by atoms with Crippen molar-refractivity contribution in [3.63, 3.8) is 0 Å². The predicted molar refractivity (Wildman–Crippen MR) is 147 cm³/mol. The fourth-order valence-corrected chi connectivity index (χ4v) is 7.95. The van der Waals surface area contributed by atoms with Crippen molar-refractivity contribution in [3.8, 4) is 10.4 Å². The minimum absolute atomic E-state index is 0.118. The molecule has 1 aliphatic heterocycles. The Morgan fingerprint density at radius 2 is 2.03 bits per heavy atom. The highest BCUT2D eigenvalue weighted by Gasteiger charge is 2.33. The van der Waals surface area contributed by atoms with E-state index < -0.39 is 9.73 Å². The van der Waals surface area contributed by atoms with E-state index in [4.69, 9.17) is 19.2 Å². The Morgan fingerprint density at radius 3 is 2.66 bits per heavy atom. The number of nitrogens with zero attached hydrogens (tertiary/aromatic N) is 2. The van der Waals surface area contributed by atoms with Gasteiger partial charge in [-0.2, -0.15) is 5.10 Å². The fraction of sp³-hybridized carbons (Fsp3) is 0.519. The van der Waals surface area contributed by atoms with Crippen molar-refractivity contribution in [2.45, 2.75) is 81.1 Å².